The molecule has 1 saturated carbocycles. The molecule has 1 aliphatic heterocycles. The third-order valence-electron chi connectivity index (χ3n) is 5.03. The Hall–Kier alpha value is -0.160. The van der Waals surface area contributed by atoms with Gasteiger partial charge in [0.05, 0.1) is 12.1 Å². The maximum Gasteiger partial charge on any atom is 0.0628 e. The van der Waals surface area contributed by atoms with Gasteiger partial charge in [0.15, 0.2) is 0 Å². The highest BCUT2D eigenvalue weighted by atomic mass is 16.3. The molecule has 1 heterocycles. The Morgan fingerprint density at radius 1 is 1.30 bits per heavy atom. The third kappa shape index (κ3) is 3.53. The SMILES string of the molecule is CC(C)NC(CO)(CN1CC(C)C(N(C)C)C1)C1CC1. The van der Waals surface area contributed by atoms with E-state index in [1.165, 1.54) is 12.8 Å². The minimum Gasteiger partial charge on any atom is -0.394 e. The first kappa shape index (κ1) is 16.2. The van der Waals surface area contributed by atoms with Crippen LogP contribution < -0.4 is 5.32 Å². The number of aliphatic hydroxyl groups excluding tert-OH is 1. The van der Waals surface area contributed by atoms with Crippen molar-refractivity contribution in [3.8, 4) is 0 Å². The number of rotatable bonds is 7. The minimum absolute atomic E-state index is 0.0882. The average molecular weight is 283 g/mol. The molecule has 4 nitrogen and oxygen atoms in total. The molecule has 3 unspecified atom stereocenters. The molecule has 118 valence electrons. The van der Waals surface area contributed by atoms with E-state index in [0.717, 1.165) is 19.6 Å². The Balaban J connectivity index is 2.01. The van der Waals surface area contributed by atoms with E-state index in [0.29, 0.717) is 23.9 Å². The van der Waals surface area contributed by atoms with Crippen LogP contribution in [0.15, 0.2) is 0 Å². The fourth-order valence-electron chi connectivity index (χ4n) is 3.98. The summed E-state index contributed by atoms with van der Waals surface area (Å²) in [7, 11) is 4.36. The van der Waals surface area contributed by atoms with Gasteiger partial charge in [0.1, 0.15) is 0 Å². The molecule has 2 aliphatic rings. The zero-order chi connectivity index (χ0) is 14.9. The van der Waals surface area contributed by atoms with Gasteiger partial charge in [-0.05, 0) is 38.8 Å². The monoisotopic (exact) mass is 283 g/mol. The average Bonchev–Trinajstić information content (AvgIpc) is 3.13. The molecule has 0 aromatic rings. The molecule has 0 radical (unpaired) electrons. The van der Waals surface area contributed by atoms with Crippen molar-refractivity contribution in [1.29, 1.82) is 0 Å². The molecule has 0 spiro atoms. The first-order chi connectivity index (χ1) is 9.38. The van der Waals surface area contributed by atoms with Crippen molar-refractivity contribution in [2.45, 2.75) is 51.2 Å². The summed E-state index contributed by atoms with van der Waals surface area (Å²) in [5.41, 5.74) is -0.0882. The highest BCUT2D eigenvalue weighted by Crippen LogP contribution is 2.41. The van der Waals surface area contributed by atoms with Crippen molar-refractivity contribution in [1.82, 2.24) is 15.1 Å². The molecule has 0 aromatic heterocycles. The molecule has 4 heteroatoms. The highest BCUT2D eigenvalue weighted by molar-refractivity contribution is 5.05. The van der Waals surface area contributed by atoms with Gasteiger partial charge in [-0.3, -0.25) is 4.90 Å². The van der Waals surface area contributed by atoms with Crippen LogP contribution in [-0.2, 0) is 0 Å². The molecule has 2 rings (SSSR count). The largest absolute Gasteiger partial charge is 0.394 e. The molecule has 3 atom stereocenters. The quantitative estimate of drug-likeness (QED) is 0.731. The maximum atomic E-state index is 10.0. The standard InChI is InChI=1S/C16H33N3O/c1-12(2)17-16(11-20,14-6-7-14)10-19-8-13(3)15(9-19)18(4)5/h12-15,17,20H,6-11H2,1-5H3. The second kappa shape index (κ2) is 6.30. The van der Waals surface area contributed by atoms with Crippen molar-refractivity contribution >= 4 is 0 Å². The Labute approximate surface area is 124 Å². The molecule has 0 bridgehead atoms. The Morgan fingerprint density at radius 3 is 2.35 bits per heavy atom. The van der Waals surface area contributed by atoms with E-state index in [1.807, 2.05) is 0 Å². The first-order valence-corrected chi connectivity index (χ1v) is 8.15. The normalized spacial score (nSPS) is 31.2. The van der Waals surface area contributed by atoms with E-state index < -0.39 is 0 Å². The molecule has 0 aromatic carbocycles. The Bertz CT molecular complexity index is 317. The van der Waals surface area contributed by atoms with Gasteiger partial charge in [0.2, 0.25) is 0 Å². The van der Waals surface area contributed by atoms with Crippen LogP contribution in [0.5, 0.6) is 0 Å². The third-order valence-corrected chi connectivity index (χ3v) is 5.03. The van der Waals surface area contributed by atoms with Crippen LogP contribution in [-0.4, -0.2) is 72.9 Å². The maximum absolute atomic E-state index is 10.0. The number of hydrogen-bond donors (Lipinski definition) is 2. The van der Waals surface area contributed by atoms with E-state index in [2.05, 4.69) is 50.0 Å². The van der Waals surface area contributed by atoms with E-state index in [1.54, 1.807) is 0 Å². The number of likely N-dealkylation sites (tertiary alicyclic amines) is 1. The van der Waals surface area contributed by atoms with Gasteiger partial charge in [0.25, 0.3) is 0 Å². The van der Waals surface area contributed by atoms with Gasteiger partial charge >= 0.3 is 0 Å². The lowest BCUT2D eigenvalue weighted by Crippen LogP contribution is -2.59. The van der Waals surface area contributed by atoms with Crippen molar-refractivity contribution in [2.75, 3.05) is 40.3 Å². The predicted molar refractivity (Wildman–Crippen MR) is 83.9 cm³/mol. The predicted octanol–water partition coefficient (Wildman–Crippen LogP) is 1.01. The molecule has 2 N–H and O–H groups in total. The van der Waals surface area contributed by atoms with Gasteiger partial charge in [-0.2, -0.15) is 0 Å². The lowest BCUT2D eigenvalue weighted by Gasteiger charge is -2.39. The number of hydrogen-bond acceptors (Lipinski definition) is 4. The van der Waals surface area contributed by atoms with Crippen molar-refractivity contribution in [2.24, 2.45) is 11.8 Å². The van der Waals surface area contributed by atoms with Crippen LogP contribution in [0.1, 0.15) is 33.6 Å². The van der Waals surface area contributed by atoms with Crippen LogP contribution in [0, 0.1) is 11.8 Å². The van der Waals surface area contributed by atoms with Crippen molar-refractivity contribution in [3.63, 3.8) is 0 Å². The molecule has 1 aliphatic carbocycles. The summed E-state index contributed by atoms with van der Waals surface area (Å²) in [6.07, 6.45) is 2.53. The zero-order valence-corrected chi connectivity index (χ0v) is 13.9. The van der Waals surface area contributed by atoms with Crippen LogP contribution in [0.4, 0.5) is 0 Å². The minimum atomic E-state index is -0.0882. The van der Waals surface area contributed by atoms with Gasteiger partial charge in [-0.1, -0.05) is 20.8 Å². The van der Waals surface area contributed by atoms with Gasteiger partial charge in [-0.25, -0.2) is 0 Å². The van der Waals surface area contributed by atoms with E-state index in [-0.39, 0.29) is 12.1 Å². The summed E-state index contributed by atoms with van der Waals surface area (Å²) in [5, 5.41) is 13.7. The van der Waals surface area contributed by atoms with E-state index >= 15 is 0 Å². The first-order valence-electron chi connectivity index (χ1n) is 8.15. The summed E-state index contributed by atoms with van der Waals surface area (Å²) >= 11 is 0. The molecular formula is C16H33N3O. The highest BCUT2D eigenvalue weighted by Gasteiger charge is 2.47. The smallest absolute Gasteiger partial charge is 0.0628 e. The Kier molecular flexibility index (Phi) is 5.11. The second-order valence-corrected chi connectivity index (χ2v) is 7.59. The zero-order valence-electron chi connectivity index (χ0n) is 13.9. The van der Waals surface area contributed by atoms with E-state index in [9.17, 15) is 5.11 Å². The summed E-state index contributed by atoms with van der Waals surface area (Å²) in [4.78, 5) is 4.90. The molecule has 0 amide bonds. The van der Waals surface area contributed by atoms with Gasteiger partial charge in [0, 0.05) is 31.7 Å². The summed E-state index contributed by atoms with van der Waals surface area (Å²) in [6, 6.07) is 1.07. The van der Waals surface area contributed by atoms with Crippen LogP contribution in [0.2, 0.25) is 0 Å². The molecule has 20 heavy (non-hydrogen) atoms. The van der Waals surface area contributed by atoms with Crippen molar-refractivity contribution < 1.29 is 5.11 Å². The van der Waals surface area contributed by atoms with Crippen molar-refractivity contribution in [3.05, 3.63) is 0 Å². The molecule has 2 fully saturated rings. The lowest BCUT2D eigenvalue weighted by molar-refractivity contribution is 0.0898. The number of nitrogens with one attached hydrogen (secondary N) is 1. The fourth-order valence-corrected chi connectivity index (χ4v) is 3.98. The van der Waals surface area contributed by atoms with Gasteiger partial charge in [-0.15, -0.1) is 0 Å². The van der Waals surface area contributed by atoms with Crippen LogP contribution in [0.25, 0.3) is 0 Å². The lowest BCUT2D eigenvalue weighted by atomic mass is 9.92. The summed E-state index contributed by atoms with van der Waals surface area (Å²) < 4.78 is 0. The second-order valence-electron chi connectivity index (χ2n) is 7.59. The van der Waals surface area contributed by atoms with Gasteiger partial charge < -0.3 is 15.3 Å². The van der Waals surface area contributed by atoms with Crippen LogP contribution in [0.3, 0.4) is 0 Å². The Morgan fingerprint density at radius 2 is 1.95 bits per heavy atom. The number of aliphatic hydroxyl groups is 1. The number of likely N-dealkylation sites (N-methyl/N-ethyl adjacent to an activating group) is 1. The summed E-state index contributed by atoms with van der Waals surface area (Å²) in [5.74, 6) is 1.36. The number of nitrogens with zero attached hydrogens (tertiary/aromatic N) is 2. The molecular weight excluding hydrogens is 250 g/mol. The van der Waals surface area contributed by atoms with Crippen LogP contribution >= 0.6 is 0 Å². The summed E-state index contributed by atoms with van der Waals surface area (Å²) in [6.45, 7) is 10.2. The topological polar surface area (TPSA) is 38.7 Å². The van der Waals surface area contributed by atoms with E-state index in [4.69, 9.17) is 0 Å². The fraction of sp³-hybridized carbons (Fsp3) is 1.00. The molecule has 1 saturated heterocycles.